The molecule has 1 saturated heterocycles. The lowest BCUT2D eigenvalue weighted by Gasteiger charge is -2.22. The molecule has 2 rings (SSSR count). The monoisotopic (exact) mass is 496 g/mol. The molecule has 1 heterocycles. The van der Waals surface area contributed by atoms with Crippen molar-refractivity contribution in [2.75, 3.05) is 4.90 Å². The quantitative estimate of drug-likeness (QED) is 0.311. The number of hydrogen-bond donors (Lipinski definition) is 1. The minimum absolute atomic E-state index is 0.0824. The molecule has 0 spiro atoms. The summed E-state index contributed by atoms with van der Waals surface area (Å²) in [6, 6.07) is -0.582. The first-order chi connectivity index (χ1) is 13.5. The summed E-state index contributed by atoms with van der Waals surface area (Å²) in [5, 5.41) is 2.31. The normalized spacial score (nSPS) is 20.1. The lowest BCUT2D eigenvalue weighted by molar-refractivity contribution is -0.143. The fourth-order valence-electron chi connectivity index (χ4n) is 2.83. The predicted octanol–water partition coefficient (Wildman–Crippen LogP) is 5.95. The Bertz CT molecular complexity index is 919. The largest absolute Gasteiger partial charge is 0.416 e. The highest BCUT2D eigenvalue weighted by Crippen LogP contribution is 2.40. The van der Waals surface area contributed by atoms with E-state index in [-0.39, 0.29) is 17.4 Å². The van der Waals surface area contributed by atoms with Gasteiger partial charge in [0.05, 0.1) is 16.8 Å². The van der Waals surface area contributed by atoms with Crippen LogP contribution in [0.15, 0.2) is 53.6 Å². The molecular formula is C19H15BrF6N2O2. The number of alkyl halides is 6. The average molecular weight is 497 g/mol. The zero-order valence-electron chi connectivity index (χ0n) is 15.4. The van der Waals surface area contributed by atoms with Gasteiger partial charge in [-0.25, -0.2) is 9.69 Å². The Morgan fingerprint density at radius 1 is 1.07 bits per heavy atom. The molecule has 4 nitrogen and oxygen atoms in total. The molecule has 0 saturated carbocycles. The van der Waals surface area contributed by atoms with Crippen LogP contribution in [-0.2, 0) is 17.1 Å². The molecule has 0 radical (unpaired) electrons. The number of imide groups is 1. The SMILES string of the molecule is C=C(Br)/C=C\C(=C)C[C@@]1(C)NC(=O)N(c2cc(C(F)(F)F)cc(C(F)(F)F)c2)C1=O. The molecule has 1 aromatic rings. The van der Waals surface area contributed by atoms with Crippen molar-refractivity contribution in [2.24, 2.45) is 0 Å². The second kappa shape index (κ2) is 7.93. The van der Waals surface area contributed by atoms with E-state index in [1.54, 1.807) is 0 Å². The van der Waals surface area contributed by atoms with E-state index in [0.717, 1.165) is 0 Å². The molecule has 1 aromatic carbocycles. The van der Waals surface area contributed by atoms with Crippen LogP contribution in [0.3, 0.4) is 0 Å². The number of nitrogens with zero attached hydrogens (tertiary/aromatic N) is 1. The third kappa shape index (κ3) is 5.13. The standard InChI is InChI=1S/C19H15BrF6N2O2/c1-10(4-5-11(2)20)9-17(3)15(29)28(16(30)27-17)14-7-12(18(21,22)23)6-13(8-14)19(24,25)26/h4-8H,1-2,9H2,3H3,(H,27,30)/b5-4-/t17-/m1/s1. The number of carbonyl (C=O) groups excluding carboxylic acids is 2. The van der Waals surface area contributed by atoms with Gasteiger partial charge in [-0.2, -0.15) is 26.3 Å². The number of anilines is 1. The maximum absolute atomic E-state index is 13.1. The van der Waals surface area contributed by atoms with Gasteiger partial charge in [0.2, 0.25) is 0 Å². The van der Waals surface area contributed by atoms with E-state index in [4.69, 9.17) is 0 Å². The molecule has 0 unspecified atom stereocenters. The van der Waals surface area contributed by atoms with Gasteiger partial charge in [-0.15, -0.1) is 0 Å². The van der Waals surface area contributed by atoms with Gasteiger partial charge >= 0.3 is 18.4 Å². The third-order valence-electron chi connectivity index (χ3n) is 4.17. The Balaban J connectivity index is 2.47. The minimum atomic E-state index is -5.12. The fourth-order valence-corrected chi connectivity index (χ4v) is 2.96. The summed E-state index contributed by atoms with van der Waals surface area (Å²) in [5.41, 5.74) is -5.35. The van der Waals surface area contributed by atoms with Crippen LogP contribution in [0.1, 0.15) is 24.5 Å². The number of halogens is 7. The van der Waals surface area contributed by atoms with E-state index >= 15 is 0 Å². The first kappa shape index (κ1) is 23.7. The van der Waals surface area contributed by atoms with Crippen molar-refractivity contribution in [1.29, 1.82) is 0 Å². The zero-order chi connectivity index (χ0) is 23.1. The maximum atomic E-state index is 13.1. The van der Waals surface area contributed by atoms with Crippen LogP contribution in [0.25, 0.3) is 0 Å². The first-order valence-corrected chi connectivity index (χ1v) is 9.00. The number of allylic oxidation sites excluding steroid dienone is 3. The smallest absolute Gasteiger partial charge is 0.323 e. The number of nitrogens with one attached hydrogen (secondary N) is 1. The Hall–Kier alpha value is -2.56. The van der Waals surface area contributed by atoms with E-state index in [0.29, 0.717) is 22.2 Å². The van der Waals surface area contributed by atoms with E-state index in [9.17, 15) is 35.9 Å². The second-order valence-electron chi connectivity index (χ2n) is 6.78. The van der Waals surface area contributed by atoms with Crippen molar-refractivity contribution in [3.8, 4) is 0 Å². The molecule has 3 amide bonds. The van der Waals surface area contributed by atoms with Crippen LogP contribution in [0.5, 0.6) is 0 Å². The molecule has 1 aliphatic heterocycles. The highest BCUT2D eigenvalue weighted by Gasteiger charge is 2.49. The number of urea groups is 1. The topological polar surface area (TPSA) is 49.4 Å². The summed E-state index contributed by atoms with van der Waals surface area (Å²) < 4.78 is 79.0. The number of amides is 3. The maximum Gasteiger partial charge on any atom is 0.416 e. The van der Waals surface area contributed by atoms with Crippen LogP contribution in [-0.4, -0.2) is 17.5 Å². The number of hydrogen-bond acceptors (Lipinski definition) is 2. The molecule has 1 aliphatic rings. The van der Waals surface area contributed by atoms with Crippen molar-refractivity contribution in [3.05, 3.63) is 64.7 Å². The molecule has 1 fully saturated rings. The van der Waals surface area contributed by atoms with Crippen molar-refractivity contribution in [1.82, 2.24) is 5.32 Å². The third-order valence-corrected chi connectivity index (χ3v) is 4.44. The fraction of sp³-hybridized carbons (Fsp3) is 0.263. The first-order valence-electron chi connectivity index (χ1n) is 8.21. The number of rotatable bonds is 5. The van der Waals surface area contributed by atoms with Crippen molar-refractivity contribution >= 4 is 33.6 Å². The summed E-state index contributed by atoms with van der Waals surface area (Å²) in [5.74, 6) is -1.01. The Morgan fingerprint density at radius 2 is 1.57 bits per heavy atom. The summed E-state index contributed by atoms with van der Waals surface area (Å²) in [6.45, 7) is 8.59. The Morgan fingerprint density at radius 3 is 2.00 bits per heavy atom. The van der Waals surface area contributed by atoms with Gasteiger partial charge in [-0.3, -0.25) is 4.79 Å². The molecule has 30 heavy (non-hydrogen) atoms. The Labute approximate surface area is 176 Å². The summed E-state index contributed by atoms with van der Waals surface area (Å²) in [7, 11) is 0. The highest BCUT2D eigenvalue weighted by molar-refractivity contribution is 9.11. The molecule has 0 aromatic heterocycles. The molecule has 0 aliphatic carbocycles. The average Bonchev–Trinajstić information content (AvgIpc) is 2.79. The zero-order valence-corrected chi connectivity index (χ0v) is 17.0. The second-order valence-corrected chi connectivity index (χ2v) is 7.80. The van der Waals surface area contributed by atoms with Crippen molar-refractivity contribution in [3.63, 3.8) is 0 Å². The molecule has 1 atom stereocenters. The summed E-state index contributed by atoms with van der Waals surface area (Å²) in [4.78, 5) is 25.4. The van der Waals surface area contributed by atoms with Gasteiger partial charge in [0, 0.05) is 10.9 Å². The number of benzene rings is 1. The Kier molecular flexibility index (Phi) is 6.27. The lowest BCUT2D eigenvalue weighted by atomic mass is 9.93. The van der Waals surface area contributed by atoms with Gasteiger partial charge in [0.15, 0.2) is 0 Å². The van der Waals surface area contributed by atoms with Crippen LogP contribution < -0.4 is 10.2 Å². The molecule has 1 N–H and O–H groups in total. The van der Waals surface area contributed by atoms with Crippen LogP contribution >= 0.6 is 15.9 Å². The van der Waals surface area contributed by atoms with Crippen LogP contribution in [0.2, 0.25) is 0 Å². The highest BCUT2D eigenvalue weighted by atomic mass is 79.9. The number of carbonyl (C=O) groups is 2. The van der Waals surface area contributed by atoms with Gasteiger partial charge < -0.3 is 5.32 Å². The molecule has 0 bridgehead atoms. The summed E-state index contributed by atoms with van der Waals surface area (Å²) >= 11 is 3.08. The summed E-state index contributed by atoms with van der Waals surface area (Å²) in [6.07, 6.45) is -7.34. The lowest BCUT2D eigenvalue weighted by Crippen LogP contribution is -2.44. The van der Waals surface area contributed by atoms with Gasteiger partial charge in [-0.05, 0) is 31.2 Å². The van der Waals surface area contributed by atoms with Crippen LogP contribution in [0, 0.1) is 0 Å². The van der Waals surface area contributed by atoms with E-state index in [1.165, 1.54) is 19.1 Å². The van der Waals surface area contributed by atoms with Gasteiger partial charge in [0.25, 0.3) is 5.91 Å². The molecule has 11 heteroatoms. The van der Waals surface area contributed by atoms with Gasteiger partial charge in [-0.1, -0.05) is 40.7 Å². The predicted molar refractivity (Wildman–Crippen MR) is 102 cm³/mol. The molecule has 162 valence electrons. The minimum Gasteiger partial charge on any atom is -0.323 e. The van der Waals surface area contributed by atoms with E-state index < -0.39 is 46.6 Å². The van der Waals surface area contributed by atoms with E-state index in [2.05, 4.69) is 34.4 Å². The van der Waals surface area contributed by atoms with Crippen molar-refractivity contribution < 1.29 is 35.9 Å². The van der Waals surface area contributed by atoms with E-state index in [1.807, 2.05) is 0 Å². The van der Waals surface area contributed by atoms with Crippen molar-refractivity contribution in [2.45, 2.75) is 31.2 Å². The van der Waals surface area contributed by atoms with Crippen LogP contribution in [0.4, 0.5) is 36.8 Å². The molecular weight excluding hydrogens is 482 g/mol. The van der Waals surface area contributed by atoms with Gasteiger partial charge in [0.1, 0.15) is 5.54 Å².